The first kappa shape index (κ1) is 23.6. The molecule has 9 heteroatoms. The number of halogens is 2. The number of aliphatic hydroxyl groups excluding tert-OH is 1. The summed E-state index contributed by atoms with van der Waals surface area (Å²) in [6.07, 6.45) is 0. The zero-order valence-electron chi connectivity index (χ0n) is 15.4. The SMILES string of the molecule is COc1ccc(C(=O)NCCOCCO)cc1Oc1cc(F)cc(CN)c1.Cl. The Kier molecular flexibility index (Phi) is 10.3. The van der Waals surface area contributed by atoms with Gasteiger partial charge in [-0.3, -0.25) is 4.79 Å². The van der Waals surface area contributed by atoms with Gasteiger partial charge in [0.25, 0.3) is 5.91 Å². The van der Waals surface area contributed by atoms with Crippen LogP contribution in [-0.4, -0.2) is 44.5 Å². The molecular formula is C19H24ClFN2O5. The largest absolute Gasteiger partial charge is 0.493 e. The van der Waals surface area contributed by atoms with Crippen LogP contribution < -0.4 is 20.5 Å². The molecule has 0 saturated carbocycles. The van der Waals surface area contributed by atoms with Gasteiger partial charge >= 0.3 is 0 Å². The molecule has 0 spiro atoms. The van der Waals surface area contributed by atoms with Crippen molar-refractivity contribution < 1.29 is 28.5 Å². The number of ether oxygens (including phenoxy) is 3. The van der Waals surface area contributed by atoms with Crippen LogP contribution >= 0.6 is 12.4 Å². The maximum Gasteiger partial charge on any atom is 0.251 e. The van der Waals surface area contributed by atoms with Crippen LogP contribution in [0.3, 0.4) is 0 Å². The summed E-state index contributed by atoms with van der Waals surface area (Å²) in [7, 11) is 1.47. The van der Waals surface area contributed by atoms with Gasteiger partial charge in [-0.2, -0.15) is 0 Å². The fourth-order valence-corrected chi connectivity index (χ4v) is 2.33. The van der Waals surface area contributed by atoms with Crippen molar-refractivity contribution in [1.82, 2.24) is 5.32 Å². The van der Waals surface area contributed by atoms with Crippen LogP contribution in [0.15, 0.2) is 36.4 Å². The summed E-state index contributed by atoms with van der Waals surface area (Å²) in [4.78, 5) is 12.2. The molecule has 0 aromatic heterocycles. The molecule has 0 atom stereocenters. The van der Waals surface area contributed by atoms with Gasteiger partial charge in [0.2, 0.25) is 0 Å². The monoisotopic (exact) mass is 414 g/mol. The number of rotatable bonds is 10. The first-order chi connectivity index (χ1) is 13.1. The van der Waals surface area contributed by atoms with E-state index in [-0.39, 0.29) is 56.2 Å². The Morgan fingerprint density at radius 3 is 2.64 bits per heavy atom. The molecule has 2 aromatic carbocycles. The van der Waals surface area contributed by atoms with E-state index in [0.29, 0.717) is 23.4 Å². The van der Waals surface area contributed by atoms with E-state index < -0.39 is 5.82 Å². The number of nitrogens with two attached hydrogens (primary N) is 1. The van der Waals surface area contributed by atoms with E-state index in [1.165, 1.54) is 25.3 Å². The highest BCUT2D eigenvalue weighted by Crippen LogP contribution is 2.33. The number of aliphatic hydroxyl groups is 1. The van der Waals surface area contributed by atoms with Crippen molar-refractivity contribution in [2.75, 3.05) is 33.5 Å². The summed E-state index contributed by atoms with van der Waals surface area (Å²) in [5, 5.41) is 11.3. The smallest absolute Gasteiger partial charge is 0.251 e. The molecule has 0 aliphatic rings. The van der Waals surface area contributed by atoms with Gasteiger partial charge in [0, 0.05) is 24.7 Å². The van der Waals surface area contributed by atoms with Crippen LogP contribution in [0.4, 0.5) is 4.39 Å². The van der Waals surface area contributed by atoms with Crippen molar-refractivity contribution >= 4 is 18.3 Å². The minimum Gasteiger partial charge on any atom is -0.493 e. The van der Waals surface area contributed by atoms with E-state index >= 15 is 0 Å². The van der Waals surface area contributed by atoms with Crippen LogP contribution in [0.5, 0.6) is 17.2 Å². The lowest BCUT2D eigenvalue weighted by Gasteiger charge is -2.13. The Labute approximate surface area is 169 Å². The van der Waals surface area contributed by atoms with Crippen molar-refractivity contribution in [2.45, 2.75) is 6.54 Å². The number of nitrogens with one attached hydrogen (secondary N) is 1. The van der Waals surface area contributed by atoms with Crippen molar-refractivity contribution in [3.05, 3.63) is 53.3 Å². The van der Waals surface area contributed by atoms with E-state index in [2.05, 4.69) is 5.32 Å². The molecular weight excluding hydrogens is 391 g/mol. The van der Waals surface area contributed by atoms with Crippen molar-refractivity contribution in [3.8, 4) is 17.2 Å². The second kappa shape index (κ2) is 12.1. The van der Waals surface area contributed by atoms with Crippen LogP contribution in [0.1, 0.15) is 15.9 Å². The molecule has 7 nitrogen and oxygen atoms in total. The molecule has 4 N–H and O–H groups in total. The van der Waals surface area contributed by atoms with Gasteiger partial charge in [0.1, 0.15) is 11.6 Å². The average molecular weight is 415 g/mol. The third-order valence-corrected chi connectivity index (χ3v) is 3.59. The molecule has 0 radical (unpaired) electrons. The average Bonchev–Trinajstić information content (AvgIpc) is 2.67. The van der Waals surface area contributed by atoms with Gasteiger partial charge in [-0.1, -0.05) is 0 Å². The maximum atomic E-state index is 13.7. The number of amides is 1. The summed E-state index contributed by atoms with van der Waals surface area (Å²) in [5.41, 5.74) is 6.49. The van der Waals surface area contributed by atoms with E-state index in [1.807, 2.05) is 0 Å². The van der Waals surface area contributed by atoms with Crippen molar-refractivity contribution in [1.29, 1.82) is 0 Å². The molecule has 154 valence electrons. The highest BCUT2D eigenvalue weighted by molar-refractivity contribution is 5.94. The fourth-order valence-electron chi connectivity index (χ4n) is 2.33. The summed E-state index contributed by atoms with van der Waals surface area (Å²) in [6, 6.07) is 8.86. The molecule has 2 rings (SSSR count). The molecule has 1 amide bonds. The predicted octanol–water partition coefficient (Wildman–Crippen LogP) is 2.25. The highest BCUT2D eigenvalue weighted by Gasteiger charge is 2.13. The Morgan fingerprint density at radius 2 is 1.96 bits per heavy atom. The number of carbonyl (C=O) groups is 1. The lowest BCUT2D eigenvalue weighted by Crippen LogP contribution is -2.27. The zero-order chi connectivity index (χ0) is 19.6. The van der Waals surface area contributed by atoms with E-state index in [4.69, 9.17) is 25.1 Å². The van der Waals surface area contributed by atoms with Crippen LogP contribution in [0.2, 0.25) is 0 Å². The molecule has 2 aromatic rings. The molecule has 28 heavy (non-hydrogen) atoms. The van der Waals surface area contributed by atoms with Crippen LogP contribution in [0.25, 0.3) is 0 Å². The van der Waals surface area contributed by atoms with E-state index in [9.17, 15) is 9.18 Å². The summed E-state index contributed by atoms with van der Waals surface area (Å²) in [5.74, 6) is 0.135. The molecule has 0 aliphatic heterocycles. The second-order valence-corrected chi connectivity index (χ2v) is 5.56. The molecule has 0 saturated heterocycles. The molecule has 0 aliphatic carbocycles. The highest BCUT2D eigenvalue weighted by atomic mass is 35.5. The number of methoxy groups -OCH3 is 1. The van der Waals surface area contributed by atoms with Gasteiger partial charge in [0.15, 0.2) is 11.5 Å². The summed E-state index contributed by atoms with van der Waals surface area (Å²) < 4.78 is 29.7. The first-order valence-corrected chi connectivity index (χ1v) is 8.39. The predicted molar refractivity (Wildman–Crippen MR) is 105 cm³/mol. The normalized spacial score (nSPS) is 10.1. The van der Waals surface area contributed by atoms with Gasteiger partial charge in [-0.15, -0.1) is 12.4 Å². The Hall–Kier alpha value is -2.39. The maximum absolute atomic E-state index is 13.7. The third kappa shape index (κ3) is 6.97. The van der Waals surface area contributed by atoms with Gasteiger partial charge in [-0.05, 0) is 35.9 Å². The van der Waals surface area contributed by atoms with Crippen LogP contribution in [-0.2, 0) is 11.3 Å². The molecule has 0 unspecified atom stereocenters. The van der Waals surface area contributed by atoms with Crippen LogP contribution in [0, 0.1) is 5.82 Å². The quantitative estimate of drug-likeness (QED) is 0.515. The number of benzene rings is 2. The fraction of sp³-hybridized carbons (Fsp3) is 0.316. The lowest BCUT2D eigenvalue weighted by molar-refractivity contribution is 0.0838. The van der Waals surface area contributed by atoms with Gasteiger partial charge in [0.05, 0.1) is 26.9 Å². The van der Waals surface area contributed by atoms with Crippen molar-refractivity contribution in [2.24, 2.45) is 5.73 Å². The standard InChI is InChI=1S/C19H23FN2O5.ClH/c1-25-17-3-2-14(19(24)22-4-6-26-7-5-23)10-18(17)27-16-9-13(12-21)8-15(20)11-16;/h2-3,8-11,23H,4-7,12,21H2,1H3,(H,22,24);1H. The van der Waals surface area contributed by atoms with E-state index in [1.54, 1.807) is 18.2 Å². The summed E-state index contributed by atoms with van der Waals surface area (Å²) in [6.45, 7) is 0.904. The Bertz CT molecular complexity index is 776. The zero-order valence-corrected chi connectivity index (χ0v) is 16.3. The number of hydrogen-bond donors (Lipinski definition) is 3. The Morgan fingerprint density at radius 1 is 1.18 bits per heavy atom. The lowest BCUT2D eigenvalue weighted by atomic mass is 10.1. The minimum atomic E-state index is -0.469. The van der Waals surface area contributed by atoms with E-state index in [0.717, 1.165) is 0 Å². The first-order valence-electron chi connectivity index (χ1n) is 8.39. The topological polar surface area (TPSA) is 103 Å². The van der Waals surface area contributed by atoms with Gasteiger partial charge in [-0.25, -0.2) is 4.39 Å². The number of hydrogen-bond acceptors (Lipinski definition) is 6. The van der Waals surface area contributed by atoms with Crippen molar-refractivity contribution in [3.63, 3.8) is 0 Å². The third-order valence-electron chi connectivity index (χ3n) is 3.59. The molecule has 0 heterocycles. The molecule has 0 fully saturated rings. The van der Waals surface area contributed by atoms with Gasteiger partial charge < -0.3 is 30.4 Å². The Balaban J connectivity index is 0.00000392. The molecule has 0 bridgehead atoms. The minimum absolute atomic E-state index is 0. The second-order valence-electron chi connectivity index (χ2n) is 5.56. The number of carbonyl (C=O) groups excluding carboxylic acids is 1. The summed E-state index contributed by atoms with van der Waals surface area (Å²) >= 11 is 0.